The van der Waals surface area contributed by atoms with Crippen LogP contribution in [-0.4, -0.2) is 98.7 Å². The average Bonchev–Trinajstić information content (AvgIpc) is 3.68. The van der Waals surface area contributed by atoms with Crippen LogP contribution in [0, 0.1) is 16.0 Å². The summed E-state index contributed by atoms with van der Waals surface area (Å²) in [7, 11) is 2.57. The molecule has 18 heteroatoms. The second-order valence-electron chi connectivity index (χ2n) is 14.6. The second kappa shape index (κ2) is 19.8. The van der Waals surface area contributed by atoms with Gasteiger partial charge in [-0.3, -0.25) is 24.5 Å². The molecule has 3 rings (SSSR count). The van der Waals surface area contributed by atoms with Crippen molar-refractivity contribution in [2.24, 2.45) is 11.7 Å². The van der Waals surface area contributed by atoms with Crippen molar-refractivity contribution in [2.45, 2.75) is 103 Å². The minimum Gasteiger partial charge on any atom is -0.497 e. The first-order valence-electron chi connectivity index (χ1n) is 18.3. The van der Waals surface area contributed by atoms with E-state index in [2.05, 4.69) is 20.6 Å². The number of aliphatic hydroxyl groups excluding tert-OH is 1. The van der Waals surface area contributed by atoms with Crippen molar-refractivity contribution >= 4 is 35.5 Å². The number of carbonyl (C=O) groups excluding carboxylic acids is 5. The van der Waals surface area contributed by atoms with Crippen molar-refractivity contribution in [1.29, 1.82) is 0 Å². The number of aromatic amines is 1. The third-order valence-electron chi connectivity index (χ3n) is 9.32. The number of aliphatic hydroxyl groups is 1. The molecule has 0 spiro atoms. The minimum absolute atomic E-state index is 0.0854. The quantitative estimate of drug-likeness (QED) is 0.0706. The summed E-state index contributed by atoms with van der Waals surface area (Å²) in [6, 6.07) is 7.95. The number of aromatic nitrogens is 2. The highest BCUT2D eigenvalue weighted by molar-refractivity contribution is 6.00. The zero-order valence-corrected chi connectivity index (χ0v) is 33.4. The van der Waals surface area contributed by atoms with Gasteiger partial charge in [-0.05, 0) is 63.3 Å². The molecular weight excluding hydrogens is 742 g/mol. The van der Waals surface area contributed by atoms with Crippen LogP contribution in [0.4, 0.5) is 10.5 Å². The molecule has 0 fully saturated rings. The Morgan fingerprint density at radius 2 is 1.61 bits per heavy atom. The molecular formula is C39H53N7O11. The van der Waals surface area contributed by atoms with E-state index < -0.39 is 82.4 Å². The van der Waals surface area contributed by atoms with E-state index in [1.54, 1.807) is 46.8 Å². The van der Waals surface area contributed by atoms with Crippen LogP contribution < -0.4 is 21.1 Å². The van der Waals surface area contributed by atoms with Crippen LogP contribution >= 0.6 is 0 Å². The number of nitrogens with two attached hydrogens (primary N) is 1. The summed E-state index contributed by atoms with van der Waals surface area (Å²) in [6.07, 6.45) is -0.891. The van der Waals surface area contributed by atoms with Gasteiger partial charge in [0.05, 0.1) is 55.8 Å². The van der Waals surface area contributed by atoms with E-state index in [4.69, 9.17) is 19.9 Å². The fourth-order valence-electron chi connectivity index (χ4n) is 6.20. The van der Waals surface area contributed by atoms with E-state index in [1.165, 1.54) is 63.0 Å². The summed E-state index contributed by atoms with van der Waals surface area (Å²) >= 11 is 0. The molecule has 0 saturated heterocycles. The fraction of sp³-hybridized carbons (Fsp3) is 0.487. The first-order chi connectivity index (χ1) is 26.8. The van der Waals surface area contributed by atoms with E-state index in [1.807, 2.05) is 0 Å². The molecule has 4 amide bonds. The van der Waals surface area contributed by atoms with Crippen molar-refractivity contribution in [1.82, 2.24) is 25.5 Å². The van der Waals surface area contributed by atoms with Crippen molar-refractivity contribution in [2.75, 3.05) is 14.2 Å². The van der Waals surface area contributed by atoms with E-state index in [9.17, 15) is 39.2 Å². The van der Waals surface area contributed by atoms with E-state index >= 15 is 0 Å². The predicted molar refractivity (Wildman–Crippen MR) is 206 cm³/mol. The van der Waals surface area contributed by atoms with Crippen molar-refractivity contribution in [3.05, 3.63) is 88.0 Å². The number of nitrogens with zero attached hydrogens (tertiary/aromatic N) is 3. The molecule has 0 aliphatic carbocycles. The Hall–Kier alpha value is -5.88. The molecule has 310 valence electrons. The van der Waals surface area contributed by atoms with Crippen LogP contribution in [0.2, 0.25) is 0 Å². The van der Waals surface area contributed by atoms with E-state index in [0.717, 1.165) is 7.11 Å². The van der Waals surface area contributed by atoms with Gasteiger partial charge in [0.25, 0.3) is 5.69 Å². The number of methoxy groups -OCH3 is 2. The van der Waals surface area contributed by atoms with Gasteiger partial charge in [0, 0.05) is 24.8 Å². The molecule has 1 heterocycles. The number of hydrogen-bond donors (Lipinski definition) is 5. The number of imidazole rings is 1. The Morgan fingerprint density at radius 3 is 2.11 bits per heavy atom. The number of imide groups is 1. The Morgan fingerprint density at radius 1 is 0.982 bits per heavy atom. The molecule has 3 aromatic rings. The lowest BCUT2D eigenvalue weighted by molar-refractivity contribution is -0.384. The lowest BCUT2D eigenvalue weighted by Crippen LogP contribution is -2.62. The molecule has 0 aliphatic heterocycles. The molecule has 0 radical (unpaired) electrons. The summed E-state index contributed by atoms with van der Waals surface area (Å²) in [5.74, 6) is -3.80. The van der Waals surface area contributed by atoms with Gasteiger partial charge in [-0.1, -0.05) is 44.5 Å². The third-order valence-corrected chi connectivity index (χ3v) is 9.32. The smallest absolute Gasteiger partial charge is 0.418 e. The monoisotopic (exact) mass is 795 g/mol. The molecule has 18 nitrogen and oxygen atoms in total. The lowest BCUT2D eigenvalue weighted by Gasteiger charge is -2.44. The number of amides is 4. The SMILES string of the molecule is CCC(C)[C@](C(=O)OC)(c1ccc(OC)cc1)N(C(=O)CC(O)[C@H](Cc1ccc([N+](=O)[O-])cc1)NC(=O)[C@H](Cc1c[nH]cn1)NC(=O)C(C)N)C(=O)OC(C)(C)C. The van der Waals surface area contributed by atoms with Crippen LogP contribution in [0.25, 0.3) is 0 Å². The number of hydrogen-bond acceptors (Lipinski definition) is 13. The summed E-state index contributed by atoms with van der Waals surface area (Å²) in [5.41, 5.74) is 3.33. The Balaban J connectivity index is 2.17. The van der Waals surface area contributed by atoms with Crippen LogP contribution in [0.15, 0.2) is 61.1 Å². The number of nitro benzene ring substituents is 1. The average molecular weight is 796 g/mol. The number of benzene rings is 2. The standard InChI is InChI=1S/C39H53N7O11/c1-9-23(2)39(36(51)56-8,26-12-16-29(55-7)17-13-26)45(37(52)57-38(4,5)6)33(48)20-32(47)30(18-25-10-14-28(15-11-25)46(53)54)43-35(50)31(44-34(49)24(3)40)19-27-21-41-22-42-27/h10-17,21-24,30-32,47H,9,18-20,40H2,1-8H3,(H,41,42)(H,43,50)(H,44,49)/t23?,24?,30-,31-,32?,39+/m0/s1. The third kappa shape index (κ3) is 11.6. The van der Waals surface area contributed by atoms with Gasteiger partial charge in [0.15, 0.2) is 5.54 Å². The van der Waals surface area contributed by atoms with Crippen LogP contribution in [0.5, 0.6) is 5.75 Å². The number of carbonyl (C=O) groups is 5. The normalized spacial score (nSPS) is 15.1. The molecule has 0 saturated carbocycles. The molecule has 57 heavy (non-hydrogen) atoms. The van der Waals surface area contributed by atoms with Crippen LogP contribution in [0.3, 0.4) is 0 Å². The summed E-state index contributed by atoms with van der Waals surface area (Å²) in [4.78, 5) is 88.2. The van der Waals surface area contributed by atoms with E-state index in [-0.39, 0.29) is 30.5 Å². The summed E-state index contributed by atoms with van der Waals surface area (Å²) in [5, 5.41) is 28.6. The zero-order chi connectivity index (χ0) is 42.7. The highest BCUT2D eigenvalue weighted by atomic mass is 16.6. The minimum atomic E-state index is -2.12. The predicted octanol–water partition coefficient (Wildman–Crippen LogP) is 3.06. The molecule has 0 aliphatic rings. The van der Waals surface area contributed by atoms with Gasteiger partial charge in [0.1, 0.15) is 17.4 Å². The van der Waals surface area contributed by atoms with Gasteiger partial charge >= 0.3 is 12.1 Å². The number of H-pyrrole nitrogens is 1. The second-order valence-corrected chi connectivity index (χ2v) is 14.6. The first-order valence-corrected chi connectivity index (χ1v) is 18.3. The Labute approximate surface area is 331 Å². The van der Waals surface area contributed by atoms with Crippen molar-refractivity contribution < 1.29 is 48.2 Å². The largest absolute Gasteiger partial charge is 0.497 e. The van der Waals surface area contributed by atoms with Gasteiger partial charge in [-0.25, -0.2) is 19.5 Å². The Bertz CT molecular complexity index is 1840. The van der Waals surface area contributed by atoms with Crippen LogP contribution in [-0.2, 0) is 47.0 Å². The molecule has 6 atom stereocenters. The maximum Gasteiger partial charge on any atom is 0.418 e. The molecule has 1 aromatic heterocycles. The fourth-order valence-corrected chi connectivity index (χ4v) is 6.20. The summed E-state index contributed by atoms with van der Waals surface area (Å²) < 4.78 is 16.3. The molecule has 2 aromatic carbocycles. The number of ether oxygens (including phenoxy) is 3. The number of nitrogens with one attached hydrogen (secondary N) is 3. The molecule has 0 bridgehead atoms. The molecule has 6 N–H and O–H groups in total. The number of rotatable bonds is 18. The zero-order valence-electron chi connectivity index (χ0n) is 33.4. The highest BCUT2D eigenvalue weighted by Gasteiger charge is 2.56. The van der Waals surface area contributed by atoms with Gasteiger partial charge in [-0.2, -0.15) is 0 Å². The Kier molecular flexibility index (Phi) is 15.8. The highest BCUT2D eigenvalue weighted by Crippen LogP contribution is 2.42. The van der Waals surface area contributed by atoms with Gasteiger partial charge < -0.3 is 40.7 Å². The van der Waals surface area contributed by atoms with E-state index in [0.29, 0.717) is 21.9 Å². The van der Waals surface area contributed by atoms with Crippen molar-refractivity contribution in [3.63, 3.8) is 0 Å². The van der Waals surface area contributed by atoms with Gasteiger partial charge in [-0.15, -0.1) is 0 Å². The van der Waals surface area contributed by atoms with Crippen molar-refractivity contribution in [3.8, 4) is 5.75 Å². The molecule has 3 unspecified atom stereocenters. The maximum atomic E-state index is 14.8. The number of esters is 1. The van der Waals surface area contributed by atoms with Gasteiger partial charge in [0.2, 0.25) is 17.7 Å². The first kappa shape index (κ1) is 45.5. The maximum absolute atomic E-state index is 14.8. The lowest BCUT2D eigenvalue weighted by atomic mass is 9.75. The summed E-state index contributed by atoms with van der Waals surface area (Å²) in [6.45, 7) is 9.60. The topological polar surface area (TPSA) is 258 Å². The number of nitro groups is 1. The van der Waals surface area contributed by atoms with Crippen LogP contribution in [0.1, 0.15) is 71.2 Å². The number of non-ortho nitro benzene ring substituents is 1.